The van der Waals surface area contributed by atoms with Crippen LogP contribution >= 0.6 is 0 Å². The number of hydrogen-bond acceptors (Lipinski definition) is 3. The zero-order valence-electron chi connectivity index (χ0n) is 13.1. The van der Waals surface area contributed by atoms with Crippen molar-refractivity contribution in [3.8, 4) is 0 Å². The van der Waals surface area contributed by atoms with Crippen LogP contribution < -0.4 is 0 Å². The third-order valence-electron chi connectivity index (χ3n) is 5.59. The van der Waals surface area contributed by atoms with Gasteiger partial charge in [-0.25, -0.2) is 8.42 Å². The molecule has 2 atom stereocenters. The summed E-state index contributed by atoms with van der Waals surface area (Å²) in [7, 11) is -3.64. The maximum atomic E-state index is 13.1. The van der Waals surface area contributed by atoms with Crippen molar-refractivity contribution in [1.82, 2.24) is 9.29 Å². The lowest BCUT2D eigenvalue weighted by molar-refractivity contribution is 0.103. The number of piperidine rings is 1. The molecule has 2 fully saturated rings. The van der Waals surface area contributed by atoms with E-state index < -0.39 is 10.0 Å². The van der Waals surface area contributed by atoms with E-state index >= 15 is 0 Å². The molecule has 1 aromatic carbocycles. The van der Waals surface area contributed by atoms with Crippen molar-refractivity contribution < 1.29 is 13.2 Å². The molecule has 0 amide bonds. The highest BCUT2D eigenvalue weighted by atomic mass is 32.2. The fourth-order valence-corrected chi connectivity index (χ4v) is 6.06. The molecular formula is C18H16N2O3S. The van der Waals surface area contributed by atoms with Gasteiger partial charge in [0, 0.05) is 29.9 Å². The molecule has 2 aliphatic carbocycles. The van der Waals surface area contributed by atoms with Crippen molar-refractivity contribution in [2.75, 3.05) is 6.54 Å². The Bertz CT molecular complexity index is 1020. The van der Waals surface area contributed by atoms with Crippen LogP contribution in [0.5, 0.6) is 0 Å². The summed E-state index contributed by atoms with van der Waals surface area (Å²) < 4.78 is 27.6. The lowest BCUT2D eigenvalue weighted by atomic mass is 9.83. The van der Waals surface area contributed by atoms with Crippen LogP contribution in [-0.2, 0) is 15.4 Å². The fraction of sp³-hybridized carbons (Fsp3) is 0.278. The molecule has 2 aromatic rings. The maximum absolute atomic E-state index is 13.1. The van der Waals surface area contributed by atoms with Gasteiger partial charge in [0.2, 0.25) is 5.78 Å². The molecule has 1 saturated heterocycles. The van der Waals surface area contributed by atoms with E-state index in [1.807, 2.05) is 13.1 Å². The maximum Gasteiger partial charge on any atom is 0.264 e. The van der Waals surface area contributed by atoms with Crippen molar-refractivity contribution in [3.05, 3.63) is 65.1 Å². The second-order valence-electron chi connectivity index (χ2n) is 6.84. The number of carbonyl (C=O) groups is 1. The number of allylic oxidation sites excluding steroid dienone is 2. The van der Waals surface area contributed by atoms with Gasteiger partial charge in [-0.1, -0.05) is 18.2 Å². The third-order valence-corrected chi connectivity index (χ3v) is 7.38. The molecule has 1 N–H and O–H groups in total. The molecule has 1 aliphatic heterocycles. The molecule has 1 aromatic heterocycles. The lowest BCUT2D eigenvalue weighted by Crippen LogP contribution is -2.33. The molecule has 5 nitrogen and oxygen atoms in total. The van der Waals surface area contributed by atoms with Crippen molar-refractivity contribution in [1.29, 1.82) is 0 Å². The van der Waals surface area contributed by atoms with Crippen molar-refractivity contribution in [2.45, 2.75) is 23.7 Å². The van der Waals surface area contributed by atoms with Gasteiger partial charge >= 0.3 is 0 Å². The average Bonchev–Trinajstić information content (AvgIpc) is 2.97. The standard InChI is InChI=1S/C18H16N2O3S/c1-11-9-19-17-14(21)7-15-18(16(11)17)8-12(18)10-20(15)24(22,23)13-5-3-2-4-6-13/h2-7,9,12,19H,8,10H2,1H3/t12-,18+/m0/s1. The second-order valence-corrected chi connectivity index (χ2v) is 8.70. The molecule has 2 heterocycles. The molecule has 0 bridgehead atoms. The SMILES string of the molecule is Cc1c[nH]c2c1[C@]13C[C@H]1CN(S(=O)(=O)c1ccccc1)C3=CC2=O. The number of nitrogens with one attached hydrogen (secondary N) is 1. The number of aryl methyl sites for hydroxylation is 1. The van der Waals surface area contributed by atoms with Gasteiger partial charge in [0.1, 0.15) is 0 Å². The third kappa shape index (κ3) is 1.50. The second kappa shape index (κ2) is 4.19. The van der Waals surface area contributed by atoms with Crippen LogP contribution in [0.15, 0.2) is 53.2 Å². The molecule has 3 aliphatic rings. The van der Waals surface area contributed by atoms with Crippen LogP contribution in [0.2, 0.25) is 0 Å². The highest BCUT2D eigenvalue weighted by Gasteiger charge is 2.68. The van der Waals surface area contributed by atoms with E-state index in [9.17, 15) is 13.2 Å². The van der Waals surface area contributed by atoms with E-state index in [2.05, 4.69) is 4.98 Å². The van der Waals surface area contributed by atoms with Gasteiger partial charge in [0.25, 0.3) is 10.0 Å². The number of hydrogen-bond donors (Lipinski definition) is 1. The van der Waals surface area contributed by atoms with Gasteiger partial charge in [-0.3, -0.25) is 9.10 Å². The molecule has 5 rings (SSSR count). The van der Waals surface area contributed by atoms with Crippen LogP contribution in [0.1, 0.15) is 28.0 Å². The summed E-state index contributed by atoms with van der Waals surface area (Å²) >= 11 is 0. The summed E-state index contributed by atoms with van der Waals surface area (Å²) in [5.41, 5.74) is 3.01. The lowest BCUT2D eigenvalue weighted by Gasteiger charge is -2.29. The molecule has 1 spiro atoms. The number of rotatable bonds is 2. The number of carbonyl (C=O) groups excluding carboxylic acids is 1. The largest absolute Gasteiger partial charge is 0.358 e. The monoisotopic (exact) mass is 340 g/mol. The number of fused-ring (bicyclic) bond motifs is 1. The van der Waals surface area contributed by atoms with Crippen LogP contribution in [0.3, 0.4) is 0 Å². The number of ketones is 1. The number of aromatic amines is 1. The van der Waals surface area contributed by atoms with E-state index in [1.54, 1.807) is 30.3 Å². The van der Waals surface area contributed by atoms with E-state index in [0.29, 0.717) is 17.9 Å². The molecule has 122 valence electrons. The number of sulfonamides is 1. The van der Waals surface area contributed by atoms with Gasteiger partial charge < -0.3 is 4.98 Å². The topological polar surface area (TPSA) is 70.2 Å². The first-order valence-electron chi connectivity index (χ1n) is 7.99. The van der Waals surface area contributed by atoms with Crippen LogP contribution in [0, 0.1) is 12.8 Å². The Kier molecular flexibility index (Phi) is 2.45. The first-order valence-corrected chi connectivity index (χ1v) is 9.43. The fourth-order valence-electron chi connectivity index (χ4n) is 4.45. The van der Waals surface area contributed by atoms with E-state index in [4.69, 9.17) is 0 Å². The van der Waals surface area contributed by atoms with Crippen LogP contribution in [0.4, 0.5) is 0 Å². The highest BCUT2D eigenvalue weighted by molar-refractivity contribution is 7.89. The van der Waals surface area contributed by atoms with Gasteiger partial charge in [0.15, 0.2) is 0 Å². The van der Waals surface area contributed by atoms with E-state index in [1.165, 1.54) is 10.4 Å². The molecule has 6 heteroatoms. The first kappa shape index (κ1) is 14.0. The summed E-state index contributed by atoms with van der Waals surface area (Å²) in [4.78, 5) is 15.8. The zero-order chi connectivity index (χ0) is 16.7. The molecule has 0 unspecified atom stereocenters. The molecule has 0 radical (unpaired) electrons. The predicted octanol–water partition coefficient (Wildman–Crippen LogP) is 2.37. The summed E-state index contributed by atoms with van der Waals surface area (Å²) in [5.74, 6) is 0.114. The summed E-state index contributed by atoms with van der Waals surface area (Å²) in [6.07, 6.45) is 4.28. The van der Waals surface area contributed by atoms with Crippen molar-refractivity contribution in [2.24, 2.45) is 5.92 Å². The molecular weight excluding hydrogens is 324 g/mol. The minimum atomic E-state index is -3.64. The Balaban J connectivity index is 1.67. The molecule has 1 saturated carbocycles. The predicted molar refractivity (Wildman–Crippen MR) is 88.1 cm³/mol. The minimum absolute atomic E-state index is 0.139. The Hall–Kier alpha value is -2.34. The van der Waals surface area contributed by atoms with Crippen LogP contribution in [0.25, 0.3) is 0 Å². The first-order chi connectivity index (χ1) is 11.5. The summed E-state index contributed by atoms with van der Waals surface area (Å²) in [5, 5.41) is 0. The normalized spacial score (nSPS) is 27.4. The Morgan fingerprint density at radius 2 is 2.00 bits per heavy atom. The Labute approximate surface area is 140 Å². The number of nitrogens with zero attached hydrogens (tertiary/aromatic N) is 1. The number of aromatic nitrogens is 1. The van der Waals surface area contributed by atoms with Gasteiger partial charge in [-0.2, -0.15) is 0 Å². The van der Waals surface area contributed by atoms with Gasteiger partial charge in [-0.15, -0.1) is 0 Å². The van der Waals surface area contributed by atoms with E-state index in [0.717, 1.165) is 17.5 Å². The Morgan fingerprint density at radius 1 is 1.25 bits per heavy atom. The number of benzene rings is 1. The summed E-state index contributed by atoms with van der Waals surface area (Å²) in [6.45, 7) is 2.42. The highest BCUT2D eigenvalue weighted by Crippen LogP contribution is 2.67. The van der Waals surface area contributed by atoms with Gasteiger partial charge in [0.05, 0.1) is 10.6 Å². The zero-order valence-corrected chi connectivity index (χ0v) is 13.9. The molecule has 24 heavy (non-hydrogen) atoms. The smallest absolute Gasteiger partial charge is 0.264 e. The van der Waals surface area contributed by atoms with Crippen molar-refractivity contribution in [3.63, 3.8) is 0 Å². The number of H-pyrrole nitrogens is 1. The van der Waals surface area contributed by atoms with E-state index in [-0.39, 0.29) is 22.0 Å². The van der Waals surface area contributed by atoms with Crippen molar-refractivity contribution >= 4 is 15.8 Å². The summed E-state index contributed by atoms with van der Waals surface area (Å²) in [6, 6.07) is 8.43. The average molecular weight is 340 g/mol. The Morgan fingerprint density at radius 3 is 2.75 bits per heavy atom. The minimum Gasteiger partial charge on any atom is -0.358 e. The van der Waals surface area contributed by atoms with Crippen LogP contribution in [-0.4, -0.2) is 30.0 Å². The van der Waals surface area contributed by atoms with Gasteiger partial charge in [-0.05, 0) is 42.5 Å². The quantitative estimate of drug-likeness (QED) is 0.912.